The van der Waals surface area contributed by atoms with E-state index in [2.05, 4.69) is 10.4 Å². The van der Waals surface area contributed by atoms with Gasteiger partial charge in [-0.2, -0.15) is 5.10 Å². The summed E-state index contributed by atoms with van der Waals surface area (Å²) in [4.78, 5) is 0. The number of halogens is 1. The summed E-state index contributed by atoms with van der Waals surface area (Å²) in [6.07, 6.45) is 3.72. The molecule has 96 valence electrons. The van der Waals surface area contributed by atoms with E-state index in [-0.39, 0.29) is 6.61 Å². The number of aliphatic hydroxyl groups is 1. The molecule has 0 aliphatic rings. The highest BCUT2D eigenvalue weighted by molar-refractivity contribution is 6.30. The number of hydrogen-bond acceptors (Lipinski definition) is 3. The zero-order valence-corrected chi connectivity index (χ0v) is 11.0. The Morgan fingerprint density at radius 3 is 3.00 bits per heavy atom. The Labute approximate surface area is 111 Å². The van der Waals surface area contributed by atoms with Crippen LogP contribution >= 0.6 is 11.6 Å². The molecular weight excluding hydrogens is 250 g/mol. The standard InChI is InChI=1S/C13H16ClN3O/c1-10-6-12(14)2-3-13(10)15-7-11-8-16-17(9-11)4-5-18/h2-3,6,8-9,15,18H,4-5,7H2,1H3. The van der Waals surface area contributed by atoms with Crippen molar-refractivity contribution in [3.05, 3.63) is 46.7 Å². The number of nitrogens with one attached hydrogen (secondary N) is 1. The lowest BCUT2D eigenvalue weighted by Crippen LogP contribution is -2.02. The first-order chi connectivity index (χ1) is 8.69. The predicted molar refractivity (Wildman–Crippen MR) is 72.8 cm³/mol. The first-order valence-corrected chi connectivity index (χ1v) is 6.19. The van der Waals surface area contributed by atoms with Crippen LogP contribution in [0.3, 0.4) is 0 Å². The summed E-state index contributed by atoms with van der Waals surface area (Å²) in [7, 11) is 0. The van der Waals surface area contributed by atoms with Crippen LogP contribution in [0.25, 0.3) is 0 Å². The number of aromatic nitrogens is 2. The fraction of sp³-hybridized carbons (Fsp3) is 0.308. The van der Waals surface area contributed by atoms with Crippen LogP contribution in [-0.2, 0) is 13.1 Å². The van der Waals surface area contributed by atoms with Gasteiger partial charge in [0, 0.05) is 29.0 Å². The summed E-state index contributed by atoms with van der Waals surface area (Å²) in [6, 6.07) is 5.76. The lowest BCUT2D eigenvalue weighted by Gasteiger charge is -2.08. The molecule has 0 aliphatic heterocycles. The van der Waals surface area contributed by atoms with Gasteiger partial charge in [0.25, 0.3) is 0 Å². The molecule has 0 fully saturated rings. The minimum Gasteiger partial charge on any atom is -0.394 e. The van der Waals surface area contributed by atoms with Gasteiger partial charge in [-0.05, 0) is 30.7 Å². The zero-order valence-electron chi connectivity index (χ0n) is 10.2. The van der Waals surface area contributed by atoms with Gasteiger partial charge in [0.15, 0.2) is 0 Å². The van der Waals surface area contributed by atoms with Crippen molar-refractivity contribution in [2.75, 3.05) is 11.9 Å². The van der Waals surface area contributed by atoms with E-state index in [0.29, 0.717) is 13.1 Å². The van der Waals surface area contributed by atoms with Crippen LogP contribution in [0.15, 0.2) is 30.6 Å². The Morgan fingerprint density at radius 1 is 1.44 bits per heavy atom. The van der Waals surface area contributed by atoms with Crippen molar-refractivity contribution < 1.29 is 5.11 Å². The van der Waals surface area contributed by atoms with Gasteiger partial charge in [-0.3, -0.25) is 4.68 Å². The maximum absolute atomic E-state index is 8.81. The van der Waals surface area contributed by atoms with E-state index in [1.54, 1.807) is 10.9 Å². The highest BCUT2D eigenvalue weighted by Crippen LogP contribution is 2.20. The van der Waals surface area contributed by atoms with E-state index in [9.17, 15) is 0 Å². The van der Waals surface area contributed by atoms with E-state index >= 15 is 0 Å². The van der Waals surface area contributed by atoms with Crippen LogP contribution in [0.4, 0.5) is 5.69 Å². The molecule has 18 heavy (non-hydrogen) atoms. The van der Waals surface area contributed by atoms with Gasteiger partial charge < -0.3 is 10.4 Å². The highest BCUT2D eigenvalue weighted by Gasteiger charge is 2.01. The molecule has 5 heteroatoms. The van der Waals surface area contributed by atoms with E-state index in [0.717, 1.165) is 21.8 Å². The SMILES string of the molecule is Cc1cc(Cl)ccc1NCc1cnn(CCO)c1. The Kier molecular flexibility index (Phi) is 4.23. The molecule has 0 amide bonds. The molecule has 0 saturated carbocycles. The maximum Gasteiger partial charge on any atom is 0.0640 e. The topological polar surface area (TPSA) is 50.1 Å². The Balaban J connectivity index is 1.97. The Hall–Kier alpha value is -1.52. The van der Waals surface area contributed by atoms with E-state index in [1.165, 1.54) is 0 Å². The molecule has 0 unspecified atom stereocenters. The van der Waals surface area contributed by atoms with Crippen molar-refractivity contribution in [2.45, 2.75) is 20.0 Å². The van der Waals surface area contributed by atoms with E-state index in [1.807, 2.05) is 31.3 Å². The third-order valence-electron chi connectivity index (χ3n) is 2.69. The molecule has 2 aromatic rings. The van der Waals surface area contributed by atoms with Gasteiger partial charge in [0.05, 0.1) is 19.3 Å². The van der Waals surface area contributed by atoms with Crippen LogP contribution < -0.4 is 5.32 Å². The second-order valence-corrected chi connectivity index (χ2v) is 4.58. The minimum atomic E-state index is 0.102. The smallest absolute Gasteiger partial charge is 0.0640 e. The van der Waals surface area contributed by atoms with E-state index < -0.39 is 0 Å². The van der Waals surface area contributed by atoms with Crippen molar-refractivity contribution in [3.63, 3.8) is 0 Å². The van der Waals surface area contributed by atoms with Crippen molar-refractivity contribution in [2.24, 2.45) is 0 Å². The number of nitrogens with zero attached hydrogens (tertiary/aromatic N) is 2. The fourth-order valence-electron chi connectivity index (χ4n) is 1.75. The predicted octanol–water partition coefficient (Wildman–Crippen LogP) is 2.45. The number of hydrogen-bond donors (Lipinski definition) is 2. The molecule has 0 spiro atoms. The first-order valence-electron chi connectivity index (χ1n) is 5.81. The third-order valence-corrected chi connectivity index (χ3v) is 2.92. The number of anilines is 1. The lowest BCUT2D eigenvalue weighted by molar-refractivity contribution is 0.269. The number of aliphatic hydroxyl groups excluding tert-OH is 1. The molecule has 1 aromatic carbocycles. The largest absolute Gasteiger partial charge is 0.394 e. The Morgan fingerprint density at radius 2 is 2.28 bits per heavy atom. The van der Waals surface area contributed by atoms with Crippen molar-refractivity contribution in [1.29, 1.82) is 0 Å². The van der Waals surface area contributed by atoms with Gasteiger partial charge in [-0.1, -0.05) is 11.6 Å². The summed E-state index contributed by atoms with van der Waals surface area (Å²) in [5.41, 5.74) is 3.26. The molecule has 0 radical (unpaired) electrons. The lowest BCUT2D eigenvalue weighted by atomic mass is 10.2. The summed E-state index contributed by atoms with van der Waals surface area (Å²) in [5.74, 6) is 0. The number of benzene rings is 1. The summed E-state index contributed by atoms with van der Waals surface area (Å²) < 4.78 is 1.73. The van der Waals surface area contributed by atoms with Gasteiger partial charge >= 0.3 is 0 Å². The van der Waals surface area contributed by atoms with Crippen molar-refractivity contribution in [3.8, 4) is 0 Å². The van der Waals surface area contributed by atoms with Gasteiger partial charge in [0.1, 0.15) is 0 Å². The zero-order chi connectivity index (χ0) is 13.0. The number of aryl methyl sites for hydroxylation is 1. The summed E-state index contributed by atoms with van der Waals surface area (Å²) in [6.45, 7) is 3.35. The molecule has 1 aromatic heterocycles. The van der Waals surface area contributed by atoms with E-state index in [4.69, 9.17) is 16.7 Å². The summed E-state index contributed by atoms with van der Waals surface area (Å²) in [5, 5.41) is 17.0. The molecule has 2 N–H and O–H groups in total. The highest BCUT2D eigenvalue weighted by atomic mass is 35.5. The van der Waals surface area contributed by atoms with Crippen molar-refractivity contribution >= 4 is 17.3 Å². The maximum atomic E-state index is 8.81. The Bertz CT molecular complexity index is 525. The first kappa shape index (κ1) is 12.9. The third kappa shape index (κ3) is 3.24. The van der Waals surface area contributed by atoms with Crippen LogP contribution in [0.5, 0.6) is 0 Å². The fourth-order valence-corrected chi connectivity index (χ4v) is 1.97. The monoisotopic (exact) mass is 265 g/mol. The molecule has 0 atom stereocenters. The average molecular weight is 266 g/mol. The van der Waals surface area contributed by atoms with Gasteiger partial charge in [0.2, 0.25) is 0 Å². The molecule has 4 nitrogen and oxygen atoms in total. The second-order valence-electron chi connectivity index (χ2n) is 4.15. The quantitative estimate of drug-likeness (QED) is 0.873. The van der Waals surface area contributed by atoms with Crippen molar-refractivity contribution in [1.82, 2.24) is 9.78 Å². The number of rotatable bonds is 5. The van der Waals surface area contributed by atoms with Crippen LogP contribution in [0, 0.1) is 6.92 Å². The average Bonchev–Trinajstić information content (AvgIpc) is 2.76. The molecule has 0 aliphatic carbocycles. The van der Waals surface area contributed by atoms with Gasteiger partial charge in [-0.25, -0.2) is 0 Å². The molecule has 1 heterocycles. The second kappa shape index (κ2) is 5.89. The molecule has 0 saturated heterocycles. The van der Waals surface area contributed by atoms with Crippen LogP contribution in [-0.4, -0.2) is 21.5 Å². The molecular formula is C13H16ClN3O. The minimum absolute atomic E-state index is 0.102. The summed E-state index contributed by atoms with van der Waals surface area (Å²) >= 11 is 5.91. The van der Waals surface area contributed by atoms with Crippen LogP contribution in [0.1, 0.15) is 11.1 Å². The normalized spacial score (nSPS) is 10.6. The molecule has 2 rings (SSSR count). The van der Waals surface area contributed by atoms with Gasteiger partial charge in [-0.15, -0.1) is 0 Å². The molecule has 0 bridgehead atoms. The van der Waals surface area contributed by atoms with Crippen LogP contribution in [0.2, 0.25) is 5.02 Å².